The van der Waals surface area contributed by atoms with E-state index in [9.17, 15) is 19.2 Å². The maximum atomic E-state index is 13.1. The minimum absolute atomic E-state index is 0.0297. The number of hydrogen-bond donors (Lipinski definition) is 0. The molecule has 4 fully saturated rings. The molecule has 0 spiro atoms. The van der Waals surface area contributed by atoms with Crippen LogP contribution in [0, 0.1) is 23.7 Å². The van der Waals surface area contributed by atoms with E-state index in [4.69, 9.17) is 9.47 Å². The molecule has 3 saturated carbocycles. The summed E-state index contributed by atoms with van der Waals surface area (Å²) in [5, 5.41) is 0. The van der Waals surface area contributed by atoms with Crippen molar-refractivity contribution in [2.45, 2.75) is 26.2 Å². The number of ether oxygens (including phenoxy) is 2. The van der Waals surface area contributed by atoms with Gasteiger partial charge >= 0.3 is 0 Å². The van der Waals surface area contributed by atoms with Crippen LogP contribution in [0.25, 0.3) is 0 Å². The molecule has 4 atom stereocenters. The summed E-state index contributed by atoms with van der Waals surface area (Å²) in [7, 11) is 0. The number of benzene rings is 1. The Bertz CT molecular complexity index is 890. The fourth-order valence-electron chi connectivity index (χ4n) is 5.02. The molecule has 1 aromatic rings. The average molecular weight is 355 g/mol. The Morgan fingerprint density at radius 2 is 1.73 bits per heavy atom. The van der Waals surface area contributed by atoms with Gasteiger partial charge < -0.3 is 9.47 Å². The molecule has 26 heavy (non-hydrogen) atoms. The predicted molar refractivity (Wildman–Crippen MR) is 87.9 cm³/mol. The first kappa shape index (κ1) is 15.5. The van der Waals surface area contributed by atoms with Crippen molar-refractivity contribution in [1.29, 1.82) is 0 Å². The minimum atomic E-state index is -0.590. The van der Waals surface area contributed by atoms with Crippen LogP contribution in [0.4, 0.5) is 5.69 Å². The van der Waals surface area contributed by atoms with E-state index in [0.29, 0.717) is 24.3 Å². The van der Waals surface area contributed by atoms with Gasteiger partial charge in [-0.3, -0.25) is 19.2 Å². The van der Waals surface area contributed by atoms with E-state index >= 15 is 0 Å². The van der Waals surface area contributed by atoms with Crippen molar-refractivity contribution >= 4 is 29.1 Å². The summed E-state index contributed by atoms with van der Waals surface area (Å²) in [5.74, 6) is -1.53. The van der Waals surface area contributed by atoms with E-state index in [-0.39, 0.29) is 53.3 Å². The first-order valence-electron chi connectivity index (χ1n) is 8.82. The molecule has 5 aliphatic rings. The van der Waals surface area contributed by atoms with E-state index < -0.39 is 11.8 Å². The second-order valence-electron chi connectivity index (χ2n) is 7.46. The Labute approximate surface area is 149 Å². The molecule has 1 aromatic carbocycles. The van der Waals surface area contributed by atoms with Crippen LogP contribution < -0.4 is 14.4 Å². The minimum Gasteiger partial charge on any atom is -0.454 e. The smallest absolute Gasteiger partial charge is 0.238 e. The highest BCUT2D eigenvalue weighted by molar-refractivity contribution is 6.25. The third-order valence-corrected chi connectivity index (χ3v) is 6.18. The number of rotatable bonds is 2. The number of anilines is 1. The third kappa shape index (κ3) is 1.88. The summed E-state index contributed by atoms with van der Waals surface area (Å²) < 4.78 is 10.7. The quantitative estimate of drug-likeness (QED) is 0.593. The number of amides is 2. The third-order valence-electron chi connectivity index (χ3n) is 6.18. The first-order valence-corrected chi connectivity index (χ1v) is 8.82. The van der Waals surface area contributed by atoms with Gasteiger partial charge in [0.2, 0.25) is 18.6 Å². The highest BCUT2D eigenvalue weighted by atomic mass is 16.7. The van der Waals surface area contributed by atoms with Crippen LogP contribution in [-0.2, 0) is 14.4 Å². The van der Waals surface area contributed by atoms with Gasteiger partial charge in [0.1, 0.15) is 5.78 Å². The van der Waals surface area contributed by atoms with Gasteiger partial charge in [-0.2, -0.15) is 0 Å². The van der Waals surface area contributed by atoms with E-state index in [0.717, 1.165) is 11.3 Å². The zero-order valence-electron chi connectivity index (χ0n) is 14.2. The fourth-order valence-corrected chi connectivity index (χ4v) is 5.02. The van der Waals surface area contributed by atoms with Gasteiger partial charge in [-0.25, -0.2) is 4.90 Å². The molecular weight excluding hydrogens is 338 g/mol. The summed E-state index contributed by atoms with van der Waals surface area (Å²) in [5.41, 5.74) is 0.478. The number of ketones is 2. The van der Waals surface area contributed by atoms with Crippen molar-refractivity contribution in [1.82, 2.24) is 0 Å². The van der Waals surface area contributed by atoms with Crippen LogP contribution in [0.3, 0.4) is 0 Å². The maximum Gasteiger partial charge on any atom is 0.238 e. The lowest BCUT2D eigenvalue weighted by Gasteiger charge is -2.41. The van der Waals surface area contributed by atoms with Gasteiger partial charge in [0.15, 0.2) is 17.3 Å². The predicted octanol–water partition coefficient (Wildman–Crippen LogP) is 1.72. The van der Waals surface area contributed by atoms with Crippen LogP contribution in [0.5, 0.6) is 11.5 Å². The van der Waals surface area contributed by atoms with E-state index in [1.54, 1.807) is 0 Å². The van der Waals surface area contributed by atoms with Crippen LogP contribution in [0.1, 0.15) is 36.5 Å². The number of carbonyl (C=O) groups is 4. The molecule has 1 saturated heterocycles. The molecule has 2 amide bonds. The van der Waals surface area contributed by atoms with Crippen molar-refractivity contribution in [3.63, 3.8) is 0 Å². The Kier molecular flexibility index (Phi) is 3.08. The Morgan fingerprint density at radius 1 is 1.04 bits per heavy atom. The average Bonchev–Trinajstić information content (AvgIpc) is 3.17. The lowest BCUT2D eigenvalue weighted by Crippen LogP contribution is -2.46. The number of imide groups is 1. The monoisotopic (exact) mass is 355 g/mol. The summed E-state index contributed by atoms with van der Waals surface area (Å²) in [6.45, 7) is 1.41. The largest absolute Gasteiger partial charge is 0.454 e. The summed E-state index contributed by atoms with van der Waals surface area (Å²) >= 11 is 0. The lowest BCUT2D eigenvalue weighted by molar-refractivity contribution is -0.143. The van der Waals surface area contributed by atoms with Crippen molar-refractivity contribution in [2.24, 2.45) is 23.7 Å². The van der Waals surface area contributed by atoms with Crippen molar-refractivity contribution in [2.75, 3.05) is 11.7 Å². The number of Topliss-reactive ketones (excluding diaryl/α,β-unsaturated/α-hetero) is 2. The molecule has 0 N–H and O–H groups in total. The van der Waals surface area contributed by atoms with Gasteiger partial charge in [0.05, 0.1) is 17.5 Å². The highest BCUT2D eigenvalue weighted by Gasteiger charge is 2.61. The van der Waals surface area contributed by atoms with Gasteiger partial charge in [0.25, 0.3) is 0 Å². The second-order valence-corrected chi connectivity index (χ2v) is 7.46. The van der Waals surface area contributed by atoms with Crippen molar-refractivity contribution < 1.29 is 28.7 Å². The van der Waals surface area contributed by atoms with E-state index in [1.807, 2.05) is 0 Å². The van der Waals surface area contributed by atoms with Gasteiger partial charge in [0, 0.05) is 24.0 Å². The zero-order chi connectivity index (χ0) is 18.2. The molecule has 0 unspecified atom stereocenters. The molecule has 7 heteroatoms. The molecule has 134 valence electrons. The topological polar surface area (TPSA) is 90.0 Å². The number of nitrogens with zero attached hydrogens (tertiary/aromatic N) is 1. The molecule has 0 aromatic heterocycles. The van der Waals surface area contributed by atoms with E-state index in [2.05, 4.69) is 0 Å². The highest BCUT2D eigenvalue weighted by Crippen LogP contribution is 2.53. The van der Waals surface area contributed by atoms with Crippen molar-refractivity contribution in [3.8, 4) is 11.5 Å². The van der Waals surface area contributed by atoms with Crippen LogP contribution >= 0.6 is 0 Å². The Hall–Kier alpha value is -2.70. The summed E-state index contributed by atoms with van der Waals surface area (Å²) in [6.07, 6.45) is 1.84. The molecule has 3 aliphatic carbocycles. The molecule has 2 heterocycles. The van der Waals surface area contributed by atoms with Crippen LogP contribution in [-0.4, -0.2) is 30.2 Å². The zero-order valence-corrected chi connectivity index (χ0v) is 14.2. The maximum absolute atomic E-state index is 13.1. The molecule has 7 nitrogen and oxygen atoms in total. The first-order chi connectivity index (χ1) is 12.5. The summed E-state index contributed by atoms with van der Waals surface area (Å²) in [4.78, 5) is 51.8. The normalized spacial score (nSPS) is 31.6. The Balaban J connectivity index is 1.63. The number of fused-ring (bicyclic) bond motifs is 3. The van der Waals surface area contributed by atoms with Crippen molar-refractivity contribution in [3.05, 3.63) is 17.7 Å². The molecule has 2 bridgehead atoms. The van der Waals surface area contributed by atoms with Crippen LogP contribution in [0.2, 0.25) is 0 Å². The van der Waals surface area contributed by atoms with Gasteiger partial charge in [-0.05, 0) is 31.7 Å². The van der Waals surface area contributed by atoms with E-state index in [1.165, 1.54) is 19.1 Å². The molecule has 0 radical (unpaired) electrons. The second kappa shape index (κ2) is 5.16. The summed E-state index contributed by atoms with van der Waals surface area (Å²) in [6, 6.07) is 3.04. The molecule has 2 aliphatic heterocycles. The van der Waals surface area contributed by atoms with Gasteiger partial charge in [-0.15, -0.1) is 0 Å². The SMILES string of the molecule is CC(=O)c1cc2c(cc1N1C(=O)[C@H]3[C@@H]4CC[C@@H](C(=O)C4)[C@H]3C1=O)OCO2. The standard InChI is InChI=1S/C19H17NO6/c1-8(21)11-5-14-15(26-7-25-14)6-12(11)20-18(23)16-9-2-3-10(13(22)4-9)17(16)19(20)24/h5-6,9-10,16-17H,2-4,7H2,1H3/t9-,10+,16+,17-/m1/s1. The Morgan fingerprint density at radius 3 is 2.42 bits per heavy atom. The fraction of sp³-hybridized carbons (Fsp3) is 0.474. The molecule has 6 rings (SSSR count). The number of carbonyl (C=O) groups excluding carboxylic acids is 4. The van der Waals surface area contributed by atoms with Crippen LogP contribution in [0.15, 0.2) is 12.1 Å². The molecular formula is C19H17NO6. The van der Waals surface area contributed by atoms with Gasteiger partial charge in [-0.1, -0.05) is 0 Å². The number of hydrogen-bond acceptors (Lipinski definition) is 6. The lowest BCUT2D eigenvalue weighted by atomic mass is 9.59.